The monoisotopic (exact) mass is 292 g/mol. The van der Waals surface area contributed by atoms with Crippen LogP contribution in [0.15, 0.2) is 41.7 Å². The molecule has 0 unspecified atom stereocenters. The van der Waals surface area contributed by atoms with Crippen LogP contribution in [0.1, 0.15) is 11.3 Å². The Labute approximate surface area is 118 Å². The quantitative estimate of drug-likeness (QED) is 0.868. The minimum absolute atomic E-state index is 0.0115. The Hall–Kier alpha value is -1.99. The fourth-order valence-electron chi connectivity index (χ4n) is 1.64. The predicted octanol–water partition coefficient (Wildman–Crippen LogP) is 1.31. The molecule has 2 heterocycles. The van der Waals surface area contributed by atoms with E-state index < -0.39 is 10.0 Å². The number of nitrogens with zero attached hydrogens (tertiary/aromatic N) is 2. The van der Waals surface area contributed by atoms with Crippen LogP contribution in [0.25, 0.3) is 0 Å². The molecule has 2 N–H and O–H groups in total. The number of sulfonamides is 1. The summed E-state index contributed by atoms with van der Waals surface area (Å²) < 4.78 is 27.0. The number of nitrogens with one attached hydrogen (secondary N) is 2. The first kappa shape index (κ1) is 14.4. The molecule has 0 fully saturated rings. The Morgan fingerprint density at radius 1 is 1.20 bits per heavy atom. The second-order valence-electron chi connectivity index (χ2n) is 4.24. The van der Waals surface area contributed by atoms with Crippen molar-refractivity contribution in [1.29, 1.82) is 0 Å². The average Bonchev–Trinajstić information content (AvgIpc) is 2.46. The molecular weight excluding hydrogens is 276 g/mol. The van der Waals surface area contributed by atoms with Crippen molar-refractivity contribution in [2.75, 3.05) is 12.4 Å². The Morgan fingerprint density at radius 3 is 2.65 bits per heavy atom. The zero-order chi connectivity index (χ0) is 14.6. The molecule has 2 rings (SSSR count). The van der Waals surface area contributed by atoms with Gasteiger partial charge in [-0.3, -0.25) is 4.98 Å². The van der Waals surface area contributed by atoms with Crippen molar-refractivity contribution >= 4 is 15.7 Å². The first-order valence-electron chi connectivity index (χ1n) is 6.07. The molecule has 20 heavy (non-hydrogen) atoms. The first-order chi connectivity index (χ1) is 9.53. The number of rotatable bonds is 5. The summed E-state index contributed by atoms with van der Waals surface area (Å²) in [5, 5.41) is 2.80. The molecule has 0 aliphatic heterocycles. The maximum Gasteiger partial charge on any atom is 0.260 e. The van der Waals surface area contributed by atoms with Crippen LogP contribution in [0.5, 0.6) is 0 Å². The molecule has 0 aromatic carbocycles. The van der Waals surface area contributed by atoms with Gasteiger partial charge in [-0.15, -0.1) is 0 Å². The molecule has 0 bridgehead atoms. The molecule has 2 aromatic heterocycles. The molecule has 0 saturated carbocycles. The van der Waals surface area contributed by atoms with Crippen LogP contribution in [0.4, 0.5) is 5.69 Å². The molecular formula is C13H16N4O2S. The standard InChI is InChI=1S/C13H16N4O2S/c1-10-5-6-11(8-16-10)9-17-20(18,19)13-12(14-2)4-3-7-15-13/h3-8,14,17H,9H2,1-2H3. The van der Waals surface area contributed by atoms with Crippen LogP contribution in [0.3, 0.4) is 0 Å². The number of pyridine rings is 2. The highest BCUT2D eigenvalue weighted by Gasteiger charge is 2.19. The molecule has 0 saturated heterocycles. The van der Waals surface area contributed by atoms with E-state index in [9.17, 15) is 8.42 Å². The van der Waals surface area contributed by atoms with Crippen LogP contribution >= 0.6 is 0 Å². The lowest BCUT2D eigenvalue weighted by atomic mass is 10.2. The van der Waals surface area contributed by atoms with Gasteiger partial charge in [0.2, 0.25) is 0 Å². The van der Waals surface area contributed by atoms with Gasteiger partial charge in [-0.05, 0) is 30.7 Å². The zero-order valence-corrected chi connectivity index (χ0v) is 12.1. The second-order valence-corrected chi connectivity index (χ2v) is 5.92. The van der Waals surface area contributed by atoms with Crippen LogP contribution < -0.4 is 10.0 Å². The fourth-order valence-corrected chi connectivity index (χ4v) is 2.80. The molecule has 0 spiro atoms. The summed E-state index contributed by atoms with van der Waals surface area (Å²) in [6.45, 7) is 2.05. The summed E-state index contributed by atoms with van der Waals surface area (Å²) in [4.78, 5) is 8.04. The van der Waals surface area contributed by atoms with E-state index >= 15 is 0 Å². The average molecular weight is 292 g/mol. The highest BCUT2D eigenvalue weighted by atomic mass is 32.2. The zero-order valence-electron chi connectivity index (χ0n) is 11.3. The van der Waals surface area contributed by atoms with Crippen LogP contribution in [-0.2, 0) is 16.6 Å². The molecule has 0 atom stereocenters. The van der Waals surface area contributed by atoms with Gasteiger partial charge in [0, 0.05) is 31.7 Å². The Morgan fingerprint density at radius 2 is 2.00 bits per heavy atom. The molecule has 0 amide bonds. The summed E-state index contributed by atoms with van der Waals surface area (Å²) in [6, 6.07) is 7.01. The molecule has 0 aliphatic carbocycles. The van der Waals surface area contributed by atoms with Crippen LogP contribution in [0.2, 0.25) is 0 Å². The van der Waals surface area contributed by atoms with E-state index in [1.165, 1.54) is 6.20 Å². The van der Waals surface area contributed by atoms with Crippen LogP contribution in [-0.4, -0.2) is 25.4 Å². The van der Waals surface area contributed by atoms with Gasteiger partial charge in [0.25, 0.3) is 10.0 Å². The van der Waals surface area contributed by atoms with Gasteiger partial charge < -0.3 is 5.32 Å². The molecule has 2 aromatic rings. The number of aryl methyl sites for hydroxylation is 1. The highest BCUT2D eigenvalue weighted by Crippen LogP contribution is 2.17. The lowest BCUT2D eigenvalue weighted by Gasteiger charge is -2.09. The minimum atomic E-state index is -3.66. The number of hydrogen-bond acceptors (Lipinski definition) is 5. The normalized spacial score (nSPS) is 11.3. The van der Waals surface area contributed by atoms with Crippen molar-refractivity contribution in [3.05, 3.63) is 47.9 Å². The smallest absolute Gasteiger partial charge is 0.260 e. The summed E-state index contributed by atoms with van der Waals surface area (Å²) in [6.07, 6.45) is 3.10. The third-order valence-electron chi connectivity index (χ3n) is 2.73. The topological polar surface area (TPSA) is 84.0 Å². The Balaban J connectivity index is 2.17. The SMILES string of the molecule is CNc1cccnc1S(=O)(=O)NCc1ccc(C)nc1. The van der Waals surface area contributed by atoms with Gasteiger partial charge >= 0.3 is 0 Å². The van der Waals surface area contributed by atoms with Crippen LogP contribution in [0, 0.1) is 6.92 Å². The Kier molecular flexibility index (Phi) is 4.31. The van der Waals surface area contributed by atoms with E-state index in [0.717, 1.165) is 11.3 Å². The van der Waals surface area contributed by atoms with Gasteiger partial charge in [-0.25, -0.2) is 18.1 Å². The van der Waals surface area contributed by atoms with E-state index in [4.69, 9.17) is 0 Å². The van der Waals surface area contributed by atoms with Gasteiger partial charge in [0.05, 0.1) is 5.69 Å². The molecule has 6 nitrogen and oxygen atoms in total. The number of aromatic nitrogens is 2. The summed E-state index contributed by atoms with van der Waals surface area (Å²) in [7, 11) is -2.01. The van der Waals surface area contributed by atoms with Crippen molar-refractivity contribution in [2.24, 2.45) is 0 Å². The second kappa shape index (κ2) is 5.98. The van der Waals surface area contributed by atoms with Crippen molar-refractivity contribution in [3.8, 4) is 0 Å². The highest BCUT2D eigenvalue weighted by molar-refractivity contribution is 7.89. The molecule has 106 valence electrons. The summed E-state index contributed by atoms with van der Waals surface area (Å²) in [5.74, 6) is 0. The fraction of sp³-hybridized carbons (Fsp3) is 0.231. The largest absolute Gasteiger partial charge is 0.386 e. The minimum Gasteiger partial charge on any atom is -0.386 e. The molecule has 0 aliphatic rings. The summed E-state index contributed by atoms with van der Waals surface area (Å²) >= 11 is 0. The Bertz CT molecular complexity index is 684. The maximum atomic E-state index is 12.2. The van der Waals surface area contributed by atoms with E-state index in [2.05, 4.69) is 20.0 Å². The summed E-state index contributed by atoms with van der Waals surface area (Å²) in [5.41, 5.74) is 2.14. The third kappa shape index (κ3) is 3.31. The van der Waals surface area contributed by atoms with Gasteiger partial charge in [-0.2, -0.15) is 0 Å². The van der Waals surface area contributed by atoms with E-state index in [1.54, 1.807) is 25.4 Å². The first-order valence-corrected chi connectivity index (χ1v) is 7.55. The lowest BCUT2D eigenvalue weighted by molar-refractivity contribution is 0.578. The van der Waals surface area contributed by atoms with Crippen molar-refractivity contribution in [3.63, 3.8) is 0 Å². The molecule has 7 heteroatoms. The third-order valence-corrected chi connectivity index (χ3v) is 4.09. The maximum absolute atomic E-state index is 12.2. The van der Waals surface area contributed by atoms with E-state index in [0.29, 0.717) is 5.69 Å². The predicted molar refractivity (Wildman–Crippen MR) is 76.8 cm³/mol. The number of anilines is 1. The van der Waals surface area contributed by atoms with Crippen molar-refractivity contribution in [2.45, 2.75) is 18.5 Å². The van der Waals surface area contributed by atoms with Gasteiger partial charge in [-0.1, -0.05) is 6.07 Å². The van der Waals surface area contributed by atoms with Crippen molar-refractivity contribution < 1.29 is 8.42 Å². The van der Waals surface area contributed by atoms with E-state index in [1.807, 2.05) is 19.1 Å². The number of hydrogen-bond donors (Lipinski definition) is 2. The van der Waals surface area contributed by atoms with Gasteiger partial charge in [0.15, 0.2) is 5.03 Å². The van der Waals surface area contributed by atoms with Gasteiger partial charge in [0.1, 0.15) is 0 Å². The molecule has 0 radical (unpaired) electrons. The lowest BCUT2D eigenvalue weighted by Crippen LogP contribution is -2.25. The van der Waals surface area contributed by atoms with E-state index in [-0.39, 0.29) is 11.6 Å². The van der Waals surface area contributed by atoms with Crippen molar-refractivity contribution in [1.82, 2.24) is 14.7 Å².